The van der Waals surface area contributed by atoms with Crippen molar-refractivity contribution in [2.24, 2.45) is 10.9 Å². The quantitative estimate of drug-likeness (QED) is 0.543. The summed E-state index contributed by atoms with van der Waals surface area (Å²) in [5.74, 6) is 0.132. The highest BCUT2D eigenvalue weighted by Crippen LogP contribution is 2.20. The zero-order chi connectivity index (χ0) is 19.2. The van der Waals surface area contributed by atoms with Crippen molar-refractivity contribution in [2.45, 2.75) is 26.2 Å². The van der Waals surface area contributed by atoms with Crippen molar-refractivity contribution in [3.05, 3.63) is 40.8 Å². The van der Waals surface area contributed by atoms with Crippen LogP contribution in [0.4, 0.5) is 15.9 Å². The fraction of sp³-hybridized carbons (Fsp3) is 0.389. The van der Waals surface area contributed by atoms with E-state index < -0.39 is 5.82 Å². The normalized spacial score (nSPS) is 15.6. The van der Waals surface area contributed by atoms with Gasteiger partial charge in [0.05, 0.1) is 0 Å². The second-order valence-corrected chi connectivity index (χ2v) is 6.89. The SMILES string of the molecule is Cc1cc(N/C(=N\C(=O)CC2CCOCC2)Nc2cc(F)cc(Cl)c2)n[nH]1. The molecule has 1 aromatic carbocycles. The number of anilines is 2. The minimum atomic E-state index is -0.492. The number of hydrogen-bond donors (Lipinski definition) is 3. The number of H-pyrrole nitrogens is 1. The molecule has 7 nitrogen and oxygen atoms in total. The van der Waals surface area contributed by atoms with Gasteiger partial charge in [-0.05, 0) is 43.9 Å². The number of rotatable bonds is 4. The number of nitrogens with zero attached hydrogens (tertiary/aromatic N) is 2. The number of aromatic amines is 1. The molecule has 0 spiro atoms. The number of carbonyl (C=O) groups is 1. The van der Waals surface area contributed by atoms with Gasteiger partial charge in [0.1, 0.15) is 5.82 Å². The molecule has 0 aliphatic carbocycles. The Hall–Kier alpha value is -2.45. The number of aliphatic imine (C=N–C) groups is 1. The van der Waals surface area contributed by atoms with E-state index in [2.05, 4.69) is 25.8 Å². The van der Waals surface area contributed by atoms with Crippen LogP contribution < -0.4 is 10.6 Å². The number of halogens is 2. The van der Waals surface area contributed by atoms with Gasteiger partial charge < -0.3 is 15.4 Å². The van der Waals surface area contributed by atoms with Gasteiger partial charge in [-0.3, -0.25) is 9.89 Å². The van der Waals surface area contributed by atoms with Crippen LogP contribution in [0.25, 0.3) is 0 Å². The van der Waals surface area contributed by atoms with Crippen molar-refractivity contribution in [3.63, 3.8) is 0 Å². The lowest BCUT2D eigenvalue weighted by molar-refractivity contribution is -0.119. The molecule has 3 N–H and O–H groups in total. The Labute approximate surface area is 161 Å². The second-order valence-electron chi connectivity index (χ2n) is 6.46. The van der Waals surface area contributed by atoms with Crippen LogP contribution in [-0.4, -0.2) is 35.3 Å². The predicted octanol–water partition coefficient (Wildman–Crippen LogP) is 3.73. The Balaban J connectivity index is 1.76. The van der Waals surface area contributed by atoms with Crippen molar-refractivity contribution in [1.82, 2.24) is 10.2 Å². The number of guanidine groups is 1. The molecule has 1 fully saturated rings. The first-order chi connectivity index (χ1) is 13.0. The van der Waals surface area contributed by atoms with Crippen molar-refractivity contribution in [3.8, 4) is 0 Å². The summed E-state index contributed by atoms with van der Waals surface area (Å²) in [7, 11) is 0. The van der Waals surface area contributed by atoms with Gasteiger partial charge in [-0.1, -0.05) is 11.6 Å². The summed E-state index contributed by atoms with van der Waals surface area (Å²) in [5.41, 5.74) is 1.22. The summed E-state index contributed by atoms with van der Waals surface area (Å²) in [4.78, 5) is 16.5. The van der Waals surface area contributed by atoms with Gasteiger partial charge in [-0.15, -0.1) is 0 Å². The molecule has 144 valence electrons. The third kappa shape index (κ3) is 6.04. The molecule has 9 heteroatoms. The van der Waals surface area contributed by atoms with Crippen molar-refractivity contribution in [2.75, 3.05) is 23.8 Å². The molecule has 0 bridgehead atoms. The summed E-state index contributed by atoms with van der Waals surface area (Å²) in [6.07, 6.45) is 2.02. The summed E-state index contributed by atoms with van der Waals surface area (Å²) in [5, 5.41) is 12.9. The predicted molar refractivity (Wildman–Crippen MR) is 103 cm³/mol. The Morgan fingerprint density at radius 3 is 2.78 bits per heavy atom. The van der Waals surface area contributed by atoms with Gasteiger partial charge in [-0.2, -0.15) is 10.1 Å². The summed E-state index contributed by atoms with van der Waals surface area (Å²) >= 11 is 5.90. The van der Waals surface area contributed by atoms with Crippen LogP contribution in [0.5, 0.6) is 0 Å². The number of hydrogen-bond acceptors (Lipinski definition) is 3. The van der Waals surface area contributed by atoms with Crippen molar-refractivity contribution in [1.29, 1.82) is 0 Å². The van der Waals surface area contributed by atoms with E-state index in [0.717, 1.165) is 18.5 Å². The molecule has 0 atom stereocenters. The van der Waals surface area contributed by atoms with Gasteiger partial charge in [0.15, 0.2) is 5.82 Å². The van der Waals surface area contributed by atoms with E-state index in [1.807, 2.05) is 6.92 Å². The summed E-state index contributed by atoms with van der Waals surface area (Å²) in [6, 6.07) is 5.77. The minimum absolute atomic E-state index is 0.153. The first-order valence-corrected chi connectivity index (χ1v) is 9.07. The Morgan fingerprint density at radius 1 is 1.33 bits per heavy atom. The number of carbonyl (C=O) groups excluding carboxylic acids is 1. The average Bonchev–Trinajstić information content (AvgIpc) is 2.99. The Morgan fingerprint density at radius 2 is 2.11 bits per heavy atom. The molecular weight excluding hydrogens is 373 g/mol. The number of aryl methyl sites for hydroxylation is 1. The third-order valence-corrected chi connectivity index (χ3v) is 4.34. The zero-order valence-electron chi connectivity index (χ0n) is 14.9. The molecule has 1 aliphatic rings. The maximum Gasteiger partial charge on any atom is 0.249 e. The van der Waals surface area contributed by atoms with Gasteiger partial charge in [0.2, 0.25) is 11.9 Å². The summed E-state index contributed by atoms with van der Waals surface area (Å²) < 4.78 is 18.9. The molecular formula is C18H21ClFN5O2. The monoisotopic (exact) mass is 393 g/mol. The maximum atomic E-state index is 13.6. The highest BCUT2D eigenvalue weighted by Gasteiger charge is 2.18. The van der Waals surface area contributed by atoms with E-state index >= 15 is 0 Å². The number of benzene rings is 1. The van der Waals surface area contributed by atoms with Gasteiger partial charge in [0.25, 0.3) is 0 Å². The molecule has 1 aromatic heterocycles. The third-order valence-electron chi connectivity index (χ3n) is 4.12. The number of amides is 1. The van der Waals surface area contributed by atoms with Crippen molar-refractivity contribution >= 4 is 35.0 Å². The molecule has 27 heavy (non-hydrogen) atoms. The second kappa shape index (κ2) is 8.96. The van der Waals surface area contributed by atoms with E-state index in [1.165, 1.54) is 12.1 Å². The fourth-order valence-electron chi connectivity index (χ4n) is 2.82. The van der Waals surface area contributed by atoms with Crippen LogP contribution in [0.1, 0.15) is 25.0 Å². The van der Waals surface area contributed by atoms with E-state index in [4.69, 9.17) is 16.3 Å². The Bertz CT molecular complexity index is 813. The Kier molecular flexibility index (Phi) is 6.41. The van der Waals surface area contributed by atoms with Crippen LogP contribution >= 0.6 is 11.6 Å². The standard InChI is InChI=1S/C18H21ClFN5O2/c1-11-6-16(25-24-11)22-18(21-15-9-13(19)8-14(20)10-15)23-17(26)7-12-2-4-27-5-3-12/h6,8-10,12H,2-5,7H2,1H3,(H3,21,22,23,24,25,26). The molecule has 2 aromatic rings. The fourth-order valence-corrected chi connectivity index (χ4v) is 3.04. The van der Waals surface area contributed by atoms with Crippen LogP contribution in [0, 0.1) is 18.7 Å². The molecule has 1 saturated heterocycles. The minimum Gasteiger partial charge on any atom is -0.381 e. The van der Waals surface area contributed by atoms with E-state index in [0.29, 0.717) is 31.1 Å². The van der Waals surface area contributed by atoms with E-state index in [9.17, 15) is 9.18 Å². The number of nitrogens with one attached hydrogen (secondary N) is 3. The molecule has 0 unspecified atom stereocenters. The highest BCUT2D eigenvalue weighted by atomic mass is 35.5. The molecule has 0 saturated carbocycles. The van der Waals surface area contributed by atoms with Crippen molar-refractivity contribution < 1.29 is 13.9 Å². The lowest BCUT2D eigenvalue weighted by Gasteiger charge is -2.20. The van der Waals surface area contributed by atoms with Gasteiger partial charge >= 0.3 is 0 Å². The van der Waals surface area contributed by atoms with E-state index in [1.54, 1.807) is 12.1 Å². The van der Waals surface area contributed by atoms with E-state index in [-0.39, 0.29) is 22.8 Å². The molecule has 3 rings (SSSR count). The molecule has 0 radical (unpaired) electrons. The smallest absolute Gasteiger partial charge is 0.249 e. The zero-order valence-corrected chi connectivity index (χ0v) is 15.6. The highest BCUT2D eigenvalue weighted by molar-refractivity contribution is 6.31. The molecule has 2 heterocycles. The first kappa shape index (κ1) is 19.3. The topological polar surface area (TPSA) is 91.4 Å². The lowest BCUT2D eigenvalue weighted by Crippen LogP contribution is -2.25. The maximum absolute atomic E-state index is 13.6. The van der Waals surface area contributed by atoms with Gasteiger partial charge in [0, 0.05) is 42.1 Å². The number of aromatic nitrogens is 2. The molecule has 1 amide bonds. The largest absolute Gasteiger partial charge is 0.381 e. The first-order valence-electron chi connectivity index (χ1n) is 8.69. The van der Waals surface area contributed by atoms with Gasteiger partial charge in [-0.25, -0.2) is 4.39 Å². The van der Waals surface area contributed by atoms with Crippen LogP contribution in [0.15, 0.2) is 29.3 Å². The average molecular weight is 394 g/mol. The van der Waals surface area contributed by atoms with Crippen LogP contribution in [0.3, 0.4) is 0 Å². The molecule has 1 aliphatic heterocycles. The summed E-state index contributed by atoms with van der Waals surface area (Å²) in [6.45, 7) is 3.18. The lowest BCUT2D eigenvalue weighted by atomic mass is 9.96. The number of ether oxygens (including phenoxy) is 1. The van der Waals surface area contributed by atoms with Crippen LogP contribution in [0.2, 0.25) is 5.02 Å². The van der Waals surface area contributed by atoms with Crippen LogP contribution in [-0.2, 0) is 9.53 Å².